The molecule has 0 spiro atoms. The molecule has 4 rings (SSSR count). The van der Waals surface area contributed by atoms with Crippen molar-refractivity contribution in [3.63, 3.8) is 0 Å². The molecule has 32 heavy (non-hydrogen) atoms. The predicted molar refractivity (Wildman–Crippen MR) is 131 cm³/mol. The van der Waals surface area contributed by atoms with E-state index < -0.39 is 0 Å². The van der Waals surface area contributed by atoms with Crippen LogP contribution in [0.15, 0.2) is 82.7 Å². The highest BCUT2D eigenvalue weighted by molar-refractivity contribution is 7.99. The lowest BCUT2D eigenvalue weighted by Gasteiger charge is -2.11. The average Bonchev–Trinajstić information content (AvgIpc) is 3.12. The van der Waals surface area contributed by atoms with E-state index in [-0.39, 0.29) is 0 Å². The minimum Gasteiger partial charge on any atom is -0.497 e. The molecule has 1 heterocycles. The molecule has 0 atom stereocenters. The fourth-order valence-corrected chi connectivity index (χ4v) is 4.91. The first-order chi connectivity index (χ1) is 15.6. The molecule has 164 valence electrons. The van der Waals surface area contributed by atoms with Crippen LogP contribution in [0.4, 0.5) is 0 Å². The zero-order chi connectivity index (χ0) is 22.5. The lowest BCUT2D eigenvalue weighted by molar-refractivity contribution is 0.105. The van der Waals surface area contributed by atoms with E-state index in [0.717, 1.165) is 38.1 Å². The molecule has 0 aliphatic heterocycles. The van der Waals surface area contributed by atoms with Crippen LogP contribution in [0.2, 0.25) is 10.0 Å². The van der Waals surface area contributed by atoms with E-state index in [9.17, 15) is 0 Å². The molecule has 1 aromatic heterocycles. The number of aromatic nitrogens is 2. The quantitative estimate of drug-likeness (QED) is 0.263. The molecule has 0 N–H and O–H groups in total. The van der Waals surface area contributed by atoms with Crippen molar-refractivity contribution in [2.45, 2.75) is 23.1 Å². The maximum absolute atomic E-state index is 6.44. The third-order valence-electron chi connectivity index (χ3n) is 4.93. The Labute approximate surface area is 202 Å². The predicted octanol–water partition coefficient (Wildman–Crippen LogP) is 7.27. The molecule has 0 aliphatic carbocycles. The number of ether oxygens (including phenoxy) is 2. The molecule has 0 unspecified atom stereocenters. The van der Waals surface area contributed by atoms with Crippen LogP contribution in [0.1, 0.15) is 11.1 Å². The summed E-state index contributed by atoms with van der Waals surface area (Å²) in [5.41, 5.74) is 3.98. The van der Waals surface area contributed by atoms with Gasteiger partial charge in [0.1, 0.15) is 10.8 Å². The van der Waals surface area contributed by atoms with Crippen molar-refractivity contribution >= 4 is 35.0 Å². The van der Waals surface area contributed by atoms with Crippen molar-refractivity contribution in [1.82, 2.24) is 9.78 Å². The monoisotopic (exact) mass is 484 g/mol. The van der Waals surface area contributed by atoms with Gasteiger partial charge >= 0.3 is 0 Å². The first-order valence-corrected chi connectivity index (χ1v) is 11.6. The number of halogens is 2. The fourth-order valence-electron chi connectivity index (χ4n) is 3.31. The minimum absolute atomic E-state index is 0.397. The molecule has 0 saturated carbocycles. The van der Waals surface area contributed by atoms with Crippen molar-refractivity contribution in [2.75, 3.05) is 7.11 Å². The number of rotatable bonds is 8. The second-order valence-electron chi connectivity index (χ2n) is 7.12. The first-order valence-electron chi connectivity index (χ1n) is 10.0. The molecule has 0 amide bonds. The lowest BCUT2D eigenvalue weighted by atomic mass is 10.1. The van der Waals surface area contributed by atoms with Crippen LogP contribution in [0.5, 0.6) is 5.75 Å². The van der Waals surface area contributed by atoms with Crippen LogP contribution in [-0.4, -0.2) is 16.9 Å². The molecule has 4 aromatic rings. The molecule has 3 aromatic carbocycles. The largest absolute Gasteiger partial charge is 0.497 e. The number of aryl methyl sites for hydroxylation is 1. The van der Waals surface area contributed by atoms with Crippen LogP contribution >= 0.6 is 35.0 Å². The van der Waals surface area contributed by atoms with Crippen molar-refractivity contribution in [3.8, 4) is 17.0 Å². The second-order valence-corrected chi connectivity index (χ2v) is 8.93. The van der Waals surface area contributed by atoms with E-state index in [2.05, 4.69) is 0 Å². The van der Waals surface area contributed by atoms with E-state index in [0.29, 0.717) is 23.3 Å². The molecule has 0 aliphatic rings. The van der Waals surface area contributed by atoms with E-state index >= 15 is 0 Å². The third kappa shape index (κ3) is 5.13. The van der Waals surface area contributed by atoms with Gasteiger partial charge in [0.05, 0.1) is 41.0 Å². The molecule has 4 nitrogen and oxygen atoms in total. The summed E-state index contributed by atoms with van der Waals surface area (Å²) in [5.74, 6) is 0.822. The molecule has 0 bridgehead atoms. The second kappa shape index (κ2) is 10.5. The van der Waals surface area contributed by atoms with E-state index in [1.165, 1.54) is 11.8 Å². The van der Waals surface area contributed by atoms with Gasteiger partial charge in [-0.05, 0) is 29.8 Å². The van der Waals surface area contributed by atoms with Crippen molar-refractivity contribution in [1.29, 1.82) is 0 Å². The summed E-state index contributed by atoms with van der Waals surface area (Å²) in [5, 5.41) is 6.95. The Morgan fingerprint density at radius 1 is 0.875 bits per heavy atom. The van der Waals surface area contributed by atoms with Crippen molar-refractivity contribution in [3.05, 3.63) is 94.0 Å². The topological polar surface area (TPSA) is 36.3 Å². The van der Waals surface area contributed by atoms with Crippen molar-refractivity contribution < 1.29 is 9.47 Å². The van der Waals surface area contributed by atoms with Crippen LogP contribution in [-0.2, 0) is 25.0 Å². The molecular formula is C25H22Cl2N2O2S. The number of hydrogen-bond donors (Lipinski definition) is 0. The Bertz CT molecular complexity index is 1170. The van der Waals surface area contributed by atoms with Gasteiger partial charge in [-0.15, -0.1) is 0 Å². The Morgan fingerprint density at radius 3 is 2.22 bits per heavy atom. The number of methoxy groups -OCH3 is 1. The summed E-state index contributed by atoms with van der Waals surface area (Å²) in [6.07, 6.45) is 0. The van der Waals surface area contributed by atoms with Gasteiger partial charge in [-0.3, -0.25) is 4.68 Å². The van der Waals surface area contributed by atoms with Gasteiger partial charge in [0, 0.05) is 18.2 Å². The molecule has 0 saturated heterocycles. The standard InChI is InChI=1S/C25H22Cl2N2O2S/c1-29-25(32-24-21(26)9-6-10-22(24)27)20(23(28-29)18-7-4-3-5-8-18)16-31-15-17-11-13-19(30-2)14-12-17/h3-14H,15-16H2,1-2H3. The Kier molecular flexibility index (Phi) is 7.43. The van der Waals surface area contributed by atoms with E-state index in [1.54, 1.807) is 7.11 Å². The van der Waals surface area contributed by atoms with Gasteiger partial charge in [0.15, 0.2) is 0 Å². The maximum atomic E-state index is 6.44. The van der Waals surface area contributed by atoms with Crippen LogP contribution in [0.3, 0.4) is 0 Å². The summed E-state index contributed by atoms with van der Waals surface area (Å²) in [6, 6.07) is 23.5. The summed E-state index contributed by atoms with van der Waals surface area (Å²) in [4.78, 5) is 0.801. The van der Waals surface area contributed by atoms with Crippen LogP contribution in [0, 0.1) is 0 Å². The lowest BCUT2D eigenvalue weighted by Crippen LogP contribution is -1.98. The van der Waals surface area contributed by atoms with Gasteiger partial charge < -0.3 is 9.47 Å². The molecule has 0 radical (unpaired) electrons. The summed E-state index contributed by atoms with van der Waals surface area (Å²) >= 11 is 14.4. The van der Waals surface area contributed by atoms with Gasteiger partial charge in [-0.25, -0.2) is 0 Å². The van der Waals surface area contributed by atoms with Crippen molar-refractivity contribution in [2.24, 2.45) is 7.05 Å². The zero-order valence-corrected chi connectivity index (χ0v) is 20.0. The SMILES string of the molecule is COc1ccc(COCc2c(-c3ccccc3)nn(C)c2Sc2c(Cl)cccc2Cl)cc1. The van der Waals surface area contributed by atoms with E-state index in [1.807, 2.05) is 84.5 Å². The van der Waals surface area contributed by atoms with Gasteiger partial charge in [-0.2, -0.15) is 5.10 Å². The third-order valence-corrected chi connectivity index (χ3v) is 7.13. The molecular weight excluding hydrogens is 463 g/mol. The highest BCUT2D eigenvalue weighted by Gasteiger charge is 2.21. The Balaban J connectivity index is 1.64. The normalized spacial score (nSPS) is 11.0. The Morgan fingerprint density at radius 2 is 1.56 bits per heavy atom. The number of nitrogens with zero attached hydrogens (tertiary/aromatic N) is 2. The fraction of sp³-hybridized carbons (Fsp3) is 0.160. The molecule has 7 heteroatoms. The smallest absolute Gasteiger partial charge is 0.118 e. The highest BCUT2D eigenvalue weighted by Crippen LogP contribution is 2.42. The van der Waals surface area contributed by atoms with Crippen LogP contribution < -0.4 is 4.74 Å². The summed E-state index contributed by atoms with van der Waals surface area (Å²) < 4.78 is 13.2. The summed E-state index contributed by atoms with van der Waals surface area (Å²) in [6.45, 7) is 0.874. The highest BCUT2D eigenvalue weighted by atomic mass is 35.5. The van der Waals surface area contributed by atoms with Crippen LogP contribution in [0.25, 0.3) is 11.3 Å². The van der Waals surface area contributed by atoms with E-state index in [4.69, 9.17) is 37.8 Å². The summed E-state index contributed by atoms with van der Waals surface area (Å²) in [7, 11) is 3.58. The minimum atomic E-state index is 0.397. The number of benzene rings is 3. The van der Waals surface area contributed by atoms with Gasteiger partial charge in [0.2, 0.25) is 0 Å². The van der Waals surface area contributed by atoms with Gasteiger partial charge in [0.25, 0.3) is 0 Å². The Hall–Kier alpha value is -2.44. The first kappa shape index (κ1) is 22.7. The van der Waals surface area contributed by atoms with Gasteiger partial charge in [-0.1, -0.05) is 83.5 Å². The molecule has 0 fully saturated rings. The number of hydrogen-bond acceptors (Lipinski definition) is 4. The maximum Gasteiger partial charge on any atom is 0.118 e. The average molecular weight is 485 g/mol. The zero-order valence-electron chi connectivity index (χ0n) is 17.7.